The number of carbonyl (C=O) groups excluding carboxylic acids is 1. The van der Waals surface area contributed by atoms with E-state index in [0.717, 1.165) is 22.2 Å². The van der Waals surface area contributed by atoms with Crippen LogP contribution in [0.3, 0.4) is 0 Å². The maximum absolute atomic E-state index is 13.2. The summed E-state index contributed by atoms with van der Waals surface area (Å²) < 4.78 is 32.7. The van der Waals surface area contributed by atoms with Crippen LogP contribution in [0.5, 0.6) is 0 Å². The second-order valence-electron chi connectivity index (χ2n) is 7.94. The number of carbonyl (C=O) groups is 1. The number of nitrogens with one attached hydrogen (secondary N) is 1. The lowest BCUT2D eigenvalue weighted by atomic mass is 10.1. The molecule has 0 atom stereocenters. The van der Waals surface area contributed by atoms with Crippen molar-refractivity contribution in [2.75, 3.05) is 31.6 Å². The van der Waals surface area contributed by atoms with Crippen LogP contribution in [-0.2, 0) is 14.8 Å². The Bertz CT molecular complexity index is 1450. The van der Waals surface area contributed by atoms with Gasteiger partial charge in [-0.2, -0.15) is 4.31 Å². The second kappa shape index (κ2) is 9.34. The Balaban J connectivity index is 1.48. The van der Waals surface area contributed by atoms with Gasteiger partial charge in [-0.05, 0) is 30.3 Å². The van der Waals surface area contributed by atoms with E-state index < -0.39 is 15.9 Å². The van der Waals surface area contributed by atoms with Crippen molar-refractivity contribution in [3.8, 4) is 11.3 Å². The Morgan fingerprint density at radius 3 is 2.41 bits per heavy atom. The lowest BCUT2D eigenvalue weighted by Crippen LogP contribution is -2.40. The van der Waals surface area contributed by atoms with E-state index >= 15 is 0 Å². The number of sulfonamides is 1. The highest BCUT2D eigenvalue weighted by Gasteiger charge is 2.27. The number of anilines is 1. The van der Waals surface area contributed by atoms with E-state index in [-0.39, 0.29) is 10.5 Å². The number of nitrogens with zero attached hydrogens (tertiary/aromatic N) is 2. The van der Waals surface area contributed by atoms with Crippen LogP contribution < -0.4 is 5.32 Å². The molecule has 3 aromatic carbocycles. The van der Waals surface area contributed by atoms with Crippen LogP contribution in [0.25, 0.3) is 22.2 Å². The third kappa shape index (κ3) is 4.43. The quantitative estimate of drug-likeness (QED) is 0.470. The fourth-order valence-electron chi connectivity index (χ4n) is 3.96. The van der Waals surface area contributed by atoms with E-state index in [9.17, 15) is 13.2 Å². The van der Waals surface area contributed by atoms with Gasteiger partial charge in [0.2, 0.25) is 10.0 Å². The lowest BCUT2D eigenvalue weighted by molar-refractivity contribution is 0.0730. The topological polar surface area (TPSA) is 88.6 Å². The maximum atomic E-state index is 13.2. The predicted octanol–water partition coefficient (Wildman–Crippen LogP) is 4.18. The molecule has 1 aliphatic rings. The van der Waals surface area contributed by atoms with Crippen molar-refractivity contribution < 1.29 is 17.9 Å². The van der Waals surface area contributed by atoms with Crippen LogP contribution in [0.4, 0.5) is 5.69 Å². The molecule has 0 saturated carbocycles. The molecule has 7 nitrogen and oxygen atoms in total. The average Bonchev–Trinajstić information content (AvgIpc) is 2.89. The first-order chi connectivity index (χ1) is 16.5. The molecular weight excluding hydrogens is 450 g/mol. The molecule has 1 aromatic heterocycles. The molecule has 34 heavy (non-hydrogen) atoms. The highest BCUT2D eigenvalue weighted by molar-refractivity contribution is 7.89. The van der Waals surface area contributed by atoms with Crippen LogP contribution in [0, 0.1) is 0 Å². The van der Waals surface area contributed by atoms with E-state index in [2.05, 4.69) is 5.32 Å². The zero-order chi connectivity index (χ0) is 23.5. The van der Waals surface area contributed by atoms with Crippen molar-refractivity contribution in [2.24, 2.45) is 0 Å². The van der Waals surface area contributed by atoms with E-state index in [4.69, 9.17) is 9.72 Å². The first kappa shape index (κ1) is 22.2. The third-order valence-corrected chi connectivity index (χ3v) is 7.63. The van der Waals surface area contributed by atoms with Gasteiger partial charge in [0.1, 0.15) is 0 Å². The van der Waals surface area contributed by atoms with Crippen LogP contribution in [0.2, 0.25) is 0 Å². The van der Waals surface area contributed by atoms with Gasteiger partial charge < -0.3 is 10.1 Å². The Kier molecular flexibility index (Phi) is 6.10. The standard InChI is InChI=1S/C26H23N3O4S/c30-26(20-9-6-10-21(17-20)34(31,32)29-13-15-33-16-14-29)28-25-18-24(19-7-2-1-3-8-19)27-23-12-5-4-11-22(23)25/h1-12,17-18H,13-16H2,(H,27,28,30). The van der Waals surface area contributed by atoms with Crippen LogP contribution in [0.1, 0.15) is 10.4 Å². The predicted molar refractivity (Wildman–Crippen MR) is 131 cm³/mol. The van der Waals surface area contributed by atoms with Gasteiger partial charge in [-0.1, -0.05) is 54.6 Å². The molecule has 4 aromatic rings. The zero-order valence-electron chi connectivity index (χ0n) is 18.3. The molecule has 0 bridgehead atoms. The van der Waals surface area contributed by atoms with Gasteiger partial charge in [0.05, 0.1) is 35.0 Å². The Labute approximate surface area is 198 Å². The monoisotopic (exact) mass is 473 g/mol. The van der Waals surface area contributed by atoms with E-state index in [1.165, 1.54) is 16.4 Å². The van der Waals surface area contributed by atoms with E-state index in [0.29, 0.717) is 32.0 Å². The largest absolute Gasteiger partial charge is 0.379 e. The second-order valence-corrected chi connectivity index (χ2v) is 9.87. The number of ether oxygens (including phenoxy) is 1. The minimum atomic E-state index is -3.70. The van der Waals surface area contributed by atoms with Crippen molar-refractivity contribution in [3.05, 3.63) is 90.5 Å². The number of amides is 1. The van der Waals surface area contributed by atoms with Crippen LogP contribution >= 0.6 is 0 Å². The summed E-state index contributed by atoms with van der Waals surface area (Å²) in [5.41, 5.74) is 3.29. The number of aromatic nitrogens is 1. The van der Waals surface area contributed by atoms with Crippen molar-refractivity contribution in [2.45, 2.75) is 4.90 Å². The molecule has 172 valence electrons. The van der Waals surface area contributed by atoms with Crippen molar-refractivity contribution in [1.82, 2.24) is 9.29 Å². The molecule has 8 heteroatoms. The van der Waals surface area contributed by atoms with Gasteiger partial charge >= 0.3 is 0 Å². The van der Waals surface area contributed by atoms with Gasteiger partial charge in [-0.3, -0.25) is 4.79 Å². The first-order valence-corrected chi connectivity index (χ1v) is 12.4. The summed E-state index contributed by atoms with van der Waals surface area (Å²) in [5, 5.41) is 3.76. The fourth-order valence-corrected chi connectivity index (χ4v) is 5.42. The Morgan fingerprint density at radius 1 is 0.882 bits per heavy atom. The van der Waals surface area contributed by atoms with Crippen molar-refractivity contribution in [3.63, 3.8) is 0 Å². The number of morpholine rings is 1. The van der Waals surface area contributed by atoms with Gasteiger partial charge in [0.25, 0.3) is 5.91 Å². The fraction of sp³-hybridized carbons (Fsp3) is 0.154. The first-order valence-electron chi connectivity index (χ1n) is 11.0. The summed E-state index contributed by atoms with van der Waals surface area (Å²) in [6.07, 6.45) is 0. The number of benzene rings is 3. The van der Waals surface area contributed by atoms with E-state index in [1.807, 2.05) is 60.7 Å². The molecule has 1 amide bonds. The minimum absolute atomic E-state index is 0.0895. The zero-order valence-corrected chi connectivity index (χ0v) is 19.2. The molecule has 1 N–H and O–H groups in total. The molecule has 5 rings (SSSR count). The Hall–Kier alpha value is -3.59. The van der Waals surface area contributed by atoms with Gasteiger partial charge in [0, 0.05) is 29.6 Å². The number of para-hydroxylation sites is 1. The SMILES string of the molecule is O=C(Nc1cc(-c2ccccc2)nc2ccccc12)c1cccc(S(=O)(=O)N2CCOCC2)c1. The summed E-state index contributed by atoms with van der Waals surface area (Å²) in [4.78, 5) is 18.0. The summed E-state index contributed by atoms with van der Waals surface area (Å²) in [6, 6.07) is 25.3. The molecule has 0 radical (unpaired) electrons. The number of hydrogen-bond donors (Lipinski definition) is 1. The average molecular weight is 474 g/mol. The smallest absolute Gasteiger partial charge is 0.255 e. The summed E-state index contributed by atoms with van der Waals surface area (Å²) in [6.45, 7) is 1.31. The molecule has 0 spiro atoms. The minimum Gasteiger partial charge on any atom is -0.379 e. The molecule has 0 aliphatic carbocycles. The number of hydrogen-bond acceptors (Lipinski definition) is 5. The van der Waals surface area contributed by atoms with Crippen LogP contribution in [-0.4, -0.2) is 49.9 Å². The summed E-state index contributed by atoms with van der Waals surface area (Å²) in [5.74, 6) is -0.394. The molecular formula is C26H23N3O4S. The summed E-state index contributed by atoms with van der Waals surface area (Å²) in [7, 11) is -3.70. The lowest BCUT2D eigenvalue weighted by Gasteiger charge is -2.26. The molecule has 1 saturated heterocycles. The van der Waals surface area contributed by atoms with Crippen molar-refractivity contribution >= 4 is 32.5 Å². The highest BCUT2D eigenvalue weighted by atomic mass is 32.2. The normalized spacial score (nSPS) is 14.7. The summed E-state index contributed by atoms with van der Waals surface area (Å²) >= 11 is 0. The molecule has 1 fully saturated rings. The third-order valence-electron chi connectivity index (χ3n) is 5.74. The number of fused-ring (bicyclic) bond motifs is 1. The molecule has 0 unspecified atom stereocenters. The van der Waals surface area contributed by atoms with E-state index in [1.54, 1.807) is 12.1 Å². The van der Waals surface area contributed by atoms with Crippen LogP contribution in [0.15, 0.2) is 89.8 Å². The Morgan fingerprint density at radius 2 is 1.62 bits per heavy atom. The van der Waals surface area contributed by atoms with Gasteiger partial charge in [-0.25, -0.2) is 13.4 Å². The molecule has 2 heterocycles. The van der Waals surface area contributed by atoms with Crippen molar-refractivity contribution in [1.29, 1.82) is 0 Å². The highest BCUT2D eigenvalue weighted by Crippen LogP contribution is 2.29. The number of pyridine rings is 1. The van der Waals surface area contributed by atoms with Gasteiger partial charge in [0.15, 0.2) is 0 Å². The number of rotatable bonds is 5. The van der Waals surface area contributed by atoms with Gasteiger partial charge in [-0.15, -0.1) is 0 Å². The molecule has 1 aliphatic heterocycles. The maximum Gasteiger partial charge on any atom is 0.255 e.